The van der Waals surface area contributed by atoms with Crippen molar-refractivity contribution in [3.8, 4) is 22.6 Å². The molecule has 0 radical (unpaired) electrons. The fourth-order valence-electron chi connectivity index (χ4n) is 6.32. The van der Waals surface area contributed by atoms with Gasteiger partial charge in [0.1, 0.15) is 17.4 Å². The minimum absolute atomic E-state index is 0.0195. The number of benzene rings is 2. The number of carbonyl (C=O) groups is 1. The average molecular weight is 621 g/mol. The minimum Gasteiger partial charge on any atom is -0.507 e. The Kier molecular flexibility index (Phi) is 7.53. The Hall–Kier alpha value is -4.51. The van der Waals surface area contributed by atoms with Crippen molar-refractivity contribution in [2.75, 3.05) is 36.4 Å². The second-order valence-electron chi connectivity index (χ2n) is 11.4. The van der Waals surface area contributed by atoms with Crippen LogP contribution in [0.5, 0.6) is 5.75 Å². The van der Waals surface area contributed by atoms with E-state index in [-0.39, 0.29) is 57.4 Å². The van der Waals surface area contributed by atoms with E-state index in [1.54, 1.807) is 17.2 Å². The van der Waals surface area contributed by atoms with Crippen LogP contribution in [0.3, 0.4) is 0 Å². The van der Waals surface area contributed by atoms with E-state index in [1.807, 2.05) is 25.7 Å². The van der Waals surface area contributed by atoms with Gasteiger partial charge in [0.15, 0.2) is 5.82 Å². The molecule has 0 bridgehead atoms. The molecule has 0 saturated carbocycles. The van der Waals surface area contributed by atoms with Crippen molar-refractivity contribution < 1.29 is 18.7 Å². The molecule has 1 atom stereocenters. The Bertz CT molecular complexity index is 1890. The number of phenols is 1. The highest BCUT2D eigenvalue weighted by Gasteiger charge is 2.37. The number of aryl methyl sites for hydroxylation is 1. The van der Waals surface area contributed by atoms with Gasteiger partial charge in [0.05, 0.1) is 38.6 Å². The van der Waals surface area contributed by atoms with Crippen molar-refractivity contribution in [3.05, 3.63) is 81.5 Å². The number of aromatic hydroxyl groups is 1. The highest BCUT2D eigenvalue weighted by atomic mass is 35.5. The zero-order valence-corrected chi connectivity index (χ0v) is 25.3. The fourth-order valence-corrected chi connectivity index (χ4v) is 6.67. The lowest BCUT2D eigenvalue weighted by Crippen LogP contribution is -2.56. The molecule has 4 aromatic rings. The summed E-state index contributed by atoms with van der Waals surface area (Å²) in [7, 11) is 0. The molecule has 1 saturated heterocycles. The highest BCUT2D eigenvalue weighted by molar-refractivity contribution is 6.39. The molecule has 6 rings (SSSR count). The molecular formula is C32H31ClF2N6O3. The van der Waals surface area contributed by atoms with Gasteiger partial charge in [0.25, 0.3) is 0 Å². The number of aromatic nitrogens is 3. The van der Waals surface area contributed by atoms with E-state index < -0.39 is 28.6 Å². The number of piperazine rings is 1. The van der Waals surface area contributed by atoms with Gasteiger partial charge in [-0.05, 0) is 49.1 Å². The number of halogens is 3. The maximum atomic E-state index is 16.8. The van der Waals surface area contributed by atoms with Gasteiger partial charge in [-0.1, -0.05) is 38.1 Å². The summed E-state index contributed by atoms with van der Waals surface area (Å²) >= 11 is 7.08. The van der Waals surface area contributed by atoms with Gasteiger partial charge in [-0.25, -0.2) is 13.6 Å². The fraction of sp³-hybridized carbons (Fsp3) is 0.312. The van der Waals surface area contributed by atoms with E-state index in [9.17, 15) is 14.7 Å². The van der Waals surface area contributed by atoms with Gasteiger partial charge in [-0.2, -0.15) is 4.98 Å². The van der Waals surface area contributed by atoms with Crippen molar-refractivity contribution in [1.82, 2.24) is 19.4 Å². The van der Waals surface area contributed by atoms with E-state index in [0.717, 1.165) is 6.07 Å². The summed E-state index contributed by atoms with van der Waals surface area (Å²) in [5.41, 5.74) is 0.334. The second kappa shape index (κ2) is 11.2. The number of fused-ring (bicyclic) bond motifs is 2. The van der Waals surface area contributed by atoms with Gasteiger partial charge < -0.3 is 20.2 Å². The Morgan fingerprint density at radius 1 is 1.23 bits per heavy atom. The van der Waals surface area contributed by atoms with Gasteiger partial charge in [0.2, 0.25) is 5.91 Å². The monoisotopic (exact) mass is 620 g/mol. The topological polar surface area (TPSA) is 104 Å². The van der Waals surface area contributed by atoms with Crippen LogP contribution in [-0.4, -0.2) is 62.7 Å². The second-order valence-corrected chi connectivity index (χ2v) is 11.7. The Balaban J connectivity index is 1.77. The highest BCUT2D eigenvalue weighted by Crippen LogP contribution is 2.48. The summed E-state index contributed by atoms with van der Waals surface area (Å²) in [4.78, 5) is 39.4. The van der Waals surface area contributed by atoms with Crippen LogP contribution in [0.2, 0.25) is 5.02 Å². The first-order valence-corrected chi connectivity index (χ1v) is 14.8. The molecule has 44 heavy (non-hydrogen) atoms. The van der Waals surface area contributed by atoms with Crippen LogP contribution in [0.25, 0.3) is 27.7 Å². The van der Waals surface area contributed by atoms with E-state index >= 15 is 8.78 Å². The van der Waals surface area contributed by atoms with Crippen LogP contribution >= 0.6 is 11.6 Å². The molecule has 1 amide bonds. The van der Waals surface area contributed by atoms with Crippen LogP contribution in [-0.2, 0) is 4.79 Å². The van der Waals surface area contributed by atoms with E-state index in [1.165, 1.54) is 22.8 Å². The summed E-state index contributed by atoms with van der Waals surface area (Å²) in [6.45, 7) is 10.6. The molecule has 1 unspecified atom stereocenters. The molecule has 2 aliphatic heterocycles. The molecule has 1 fully saturated rings. The minimum atomic E-state index is -0.887. The number of phenolic OH excluding ortho intramolecular Hbond substituents is 1. The van der Waals surface area contributed by atoms with E-state index in [4.69, 9.17) is 11.6 Å². The molecular weight excluding hydrogens is 590 g/mol. The van der Waals surface area contributed by atoms with E-state index in [2.05, 4.69) is 21.9 Å². The standard InChI is InChI=1S/C32H31ClF2N6O3/c1-5-21(43)39-13-14-40-18(15-39)10-12-37-28-24-30(25(33)23(26(28)35)22-19(34)7-6-8-20(22)42)41(32(44)38-31(24)40)29-17(4)9-11-36-27(29)16(2)3/h5-9,11,16,18,37,42H,1,10,12-15H2,2-4H3. The third-order valence-electron chi connectivity index (χ3n) is 8.38. The summed E-state index contributed by atoms with van der Waals surface area (Å²) in [6.07, 6.45) is 3.39. The number of hydrogen-bond acceptors (Lipinski definition) is 7. The number of nitrogens with one attached hydrogen (secondary N) is 1. The number of hydrogen-bond donors (Lipinski definition) is 2. The Labute approximate surface area is 257 Å². The van der Waals surface area contributed by atoms with E-state index in [0.29, 0.717) is 43.0 Å². The summed E-state index contributed by atoms with van der Waals surface area (Å²) in [5.74, 6) is -2.38. The quantitative estimate of drug-likeness (QED) is 0.289. The molecule has 2 aromatic heterocycles. The third kappa shape index (κ3) is 4.57. The Morgan fingerprint density at radius 3 is 2.70 bits per heavy atom. The zero-order valence-electron chi connectivity index (χ0n) is 24.5. The van der Waals surface area contributed by atoms with Crippen LogP contribution in [0, 0.1) is 18.6 Å². The summed E-state index contributed by atoms with van der Waals surface area (Å²) in [6, 6.07) is 5.16. The number of pyridine rings is 1. The van der Waals surface area contributed by atoms with Crippen molar-refractivity contribution in [1.29, 1.82) is 0 Å². The maximum absolute atomic E-state index is 16.8. The molecule has 0 aliphatic carbocycles. The molecule has 2 N–H and O–H groups in total. The first-order chi connectivity index (χ1) is 21.0. The molecule has 0 spiro atoms. The molecule has 228 valence electrons. The molecule has 2 aliphatic rings. The normalized spacial score (nSPS) is 16.4. The number of carbonyl (C=O) groups excluding carboxylic acids is 1. The molecule has 4 heterocycles. The summed E-state index contributed by atoms with van der Waals surface area (Å²) < 4.78 is 33.4. The predicted octanol–water partition coefficient (Wildman–Crippen LogP) is 5.54. The number of anilines is 2. The third-order valence-corrected chi connectivity index (χ3v) is 8.75. The van der Waals surface area contributed by atoms with Crippen molar-refractivity contribution >= 4 is 39.9 Å². The lowest BCUT2D eigenvalue weighted by molar-refractivity contribution is -0.126. The van der Waals surface area contributed by atoms with Gasteiger partial charge in [-0.15, -0.1) is 0 Å². The number of amides is 1. The number of nitrogens with zero attached hydrogens (tertiary/aromatic N) is 5. The maximum Gasteiger partial charge on any atom is 0.354 e. The van der Waals surface area contributed by atoms with Crippen LogP contribution < -0.4 is 15.9 Å². The van der Waals surface area contributed by atoms with Gasteiger partial charge in [-0.3, -0.25) is 14.3 Å². The SMILES string of the molecule is C=CC(=O)N1CCN2c3nc(=O)n(-c4c(C)ccnc4C(C)C)c4c(Cl)c(-c5c(O)cccc5F)c(F)c(c34)NCCC2C1. The van der Waals surface area contributed by atoms with Gasteiger partial charge >= 0.3 is 5.69 Å². The van der Waals surface area contributed by atoms with Crippen molar-refractivity contribution in [3.63, 3.8) is 0 Å². The Morgan fingerprint density at radius 2 is 2.00 bits per heavy atom. The summed E-state index contributed by atoms with van der Waals surface area (Å²) in [5, 5.41) is 13.8. The number of rotatable bonds is 4. The lowest BCUT2D eigenvalue weighted by atomic mass is 9.96. The molecule has 2 aromatic carbocycles. The average Bonchev–Trinajstić information content (AvgIpc) is 2.98. The lowest BCUT2D eigenvalue weighted by Gasteiger charge is -2.43. The first kappa shape index (κ1) is 29.6. The first-order valence-electron chi connectivity index (χ1n) is 14.4. The smallest absolute Gasteiger partial charge is 0.354 e. The van der Waals surface area contributed by atoms with Crippen molar-refractivity contribution in [2.45, 2.75) is 39.2 Å². The van der Waals surface area contributed by atoms with Crippen LogP contribution in [0.15, 0.2) is 47.9 Å². The predicted molar refractivity (Wildman–Crippen MR) is 167 cm³/mol. The largest absolute Gasteiger partial charge is 0.507 e. The van der Waals surface area contributed by atoms with Crippen LogP contribution in [0.1, 0.15) is 37.4 Å². The van der Waals surface area contributed by atoms with Crippen molar-refractivity contribution in [2.24, 2.45) is 0 Å². The zero-order chi connectivity index (χ0) is 31.4. The van der Waals surface area contributed by atoms with Gasteiger partial charge in [0, 0.05) is 44.0 Å². The molecule has 12 heteroatoms. The molecule has 9 nitrogen and oxygen atoms in total. The van der Waals surface area contributed by atoms with Crippen LogP contribution in [0.4, 0.5) is 20.3 Å².